The summed E-state index contributed by atoms with van der Waals surface area (Å²) in [5.41, 5.74) is 0.643. The van der Waals surface area contributed by atoms with Crippen molar-refractivity contribution in [2.75, 3.05) is 6.61 Å². The van der Waals surface area contributed by atoms with Gasteiger partial charge in [-0.05, 0) is 30.2 Å². The van der Waals surface area contributed by atoms with Crippen molar-refractivity contribution >= 4 is 11.6 Å². The van der Waals surface area contributed by atoms with E-state index in [9.17, 15) is 4.39 Å². The van der Waals surface area contributed by atoms with E-state index in [4.69, 9.17) is 21.6 Å². The number of rotatable bonds is 1. The summed E-state index contributed by atoms with van der Waals surface area (Å²) in [6.07, 6.45) is 0.346. The first-order valence-corrected chi connectivity index (χ1v) is 5.05. The molecule has 0 N–H and O–H groups in total. The standard InChI is InChI=1S/C11H9ClFNO/c12-9-3-8(4-10(13)5-9)11-7(6-14)1-2-15-11/h3-5,7,11H,1-2H2. The molecule has 1 aliphatic heterocycles. The minimum Gasteiger partial charge on any atom is -0.372 e. The van der Waals surface area contributed by atoms with Crippen LogP contribution in [0.25, 0.3) is 0 Å². The molecule has 0 spiro atoms. The molecular weight excluding hydrogens is 217 g/mol. The molecular formula is C11H9ClFNO. The van der Waals surface area contributed by atoms with E-state index in [0.29, 0.717) is 23.6 Å². The van der Waals surface area contributed by atoms with Crippen molar-refractivity contribution in [1.82, 2.24) is 0 Å². The average molecular weight is 226 g/mol. The molecule has 2 unspecified atom stereocenters. The predicted molar refractivity (Wildman–Crippen MR) is 53.8 cm³/mol. The summed E-state index contributed by atoms with van der Waals surface area (Å²) >= 11 is 5.74. The van der Waals surface area contributed by atoms with E-state index in [0.717, 1.165) is 0 Å². The van der Waals surface area contributed by atoms with Gasteiger partial charge in [-0.2, -0.15) is 5.26 Å². The highest BCUT2D eigenvalue weighted by Crippen LogP contribution is 2.35. The number of ether oxygens (including phenoxy) is 1. The number of benzene rings is 1. The Morgan fingerprint density at radius 2 is 2.27 bits per heavy atom. The largest absolute Gasteiger partial charge is 0.372 e. The van der Waals surface area contributed by atoms with Crippen LogP contribution in [0.1, 0.15) is 18.1 Å². The molecule has 0 aromatic heterocycles. The summed E-state index contributed by atoms with van der Waals surface area (Å²) < 4.78 is 18.5. The van der Waals surface area contributed by atoms with Gasteiger partial charge < -0.3 is 4.74 Å². The number of hydrogen-bond donors (Lipinski definition) is 0. The first-order chi connectivity index (χ1) is 7.20. The first-order valence-electron chi connectivity index (χ1n) is 4.68. The molecule has 1 aromatic rings. The van der Waals surface area contributed by atoms with Crippen molar-refractivity contribution in [2.45, 2.75) is 12.5 Å². The van der Waals surface area contributed by atoms with Crippen molar-refractivity contribution in [3.05, 3.63) is 34.6 Å². The molecule has 1 fully saturated rings. The van der Waals surface area contributed by atoms with Crippen molar-refractivity contribution < 1.29 is 9.13 Å². The fourth-order valence-electron chi connectivity index (χ4n) is 1.79. The third kappa shape index (κ3) is 2.11. The van der Waals surface area contributed by atoms with Crippen LogP contribution >= 0.6 is 11.6 Å². The molecule has 2 atom stereocenters. The molecule has 1 aliphatic rings. The zero-order valence-electron chi connectivity index (χ0n) is 7.91. The highest BCUT2D eigenvalue weighted by Gasteiger charge is 2.29. The van der Waals surface area contributed by atoms with Crippen LogP contribution in [0.2, 0.25) is 5.02 Å². The molecule has 78 valence electrons. The molecule has 1 heterocycles. The van der Waals surface area contributed by atoms with E-state index >= 15 is 0 Å². The average Bonchev–Trinajstić information content (AvgIpc) is 2.63. The van der Waals surface area contributed by atoms with Crippen LogP contribution in [0.4, 0.5) is 4.39 Å². The monoisotopic (exact) mass is 225 g/mol. The zero-order valence-corrected chi connectivity index (χ0v) is 8.67. The van der Waals surface area contributed by atoms with Gasteiger partial charge in [0.15, 0.2) is 0 Å². The summed E-state index contributed by atoms with van der Waals surface area (Å²) in [6.45, 7) is 0.539. The third-order valence-corrected chi connectivity index (χ3v) is 2.69. The maximum Gasteiger partial charge on any atom is 0.125 e. The van der Waals surface area contributed by atoms with E-state index in [1.165, 1.54) is 12.1 Å². The molecule has 0 bridgehead atoms. The topological polar surface area (TPSA) is 33.0 Å². The maximum atomic E-state index is 13.1. The van der Waals surface area contributed by atoms with Gasteiger partial charge in [0.2, 0.25) is 0 Å². The molecule has 0 radical (unpaired) electrons. The number of nitrogens with zero attached hydrogens (tertiary/aromatic N) is 1. The summed E-state index contributed by atoms with van der Waals surface area (Å²) in [7, 11) is 0. The Morgan fingerprint density at radius 3 is 2.93 bits per heavy atom. The second-order valence-electron chi connectivity index (χ2n) is 3.52. The minimum absolute atomic E-state index is 0.206. The summed E-state index contributed by atoms with van der Waals surface area (Å²) in [5.74, 6) is -0.604. The quantitative estimate of drug-likeness (QED) is 0.736. The lowest BCUT2D eigenvalue weighted by molar-refractivity contribution is 0.100. The Kier molecular flexibility index (Phi) is 2.90. The Hall–Kier alpha value is -1.11. The van der Waals surface area contributed by atoms with E-state index in [-0.39, 0.29) is 12.0 Å². The molecule has 15 heavy (non-hydrogen) atoms. The van der Waals surface area contributed by atoms with Crippen LogP contribution in [0.15, 0.2) is 18.2 Å². The Labute approximate surface area is 92.2 Å². The lowest BCUT2D eigenvalue weighted by Gasteiger charge is -2.13. The van der Waals surface area contributed by atoms with Gasteiger partial charge >= 0.3 is 0 Å². The van der Waals surface area contributed by atoms with E-state index in [1.807, 2.05) is 0 Å². The fraction of sp³-hybridized carbons (Fsp3) is 0.364. The van der Waals surface area contributed by atoms with E-state index in [2.05, 4.69) is 6.07 Å². The normalized spacial score (nSPS) is 25.1. The summed E-state index contributed by atoms with van der Waals surface area (Å²) in [6, 6.07) is 6.41. The van der Waals surface area contributed by atoms with Crippen LogP contribution in [0.3, 0.4) is 0 Å². The van der Waals surface area contributed by atoms with E-state index < -0.39 is 5.82 Å². The number of hydrogen-bond acceptors (Lipinski definition) is 2. The lowest BCUT2D eigenvalue weighted by Crippen LogP contribution is -2.05. The highest BCUT2D eigenvalue weighted by molar-refractivity contribution is 6.30. The molecule has 1 aromatic carbocycles. The predicted octanol–water partition coefficient (Wildman–Crippen LogP) is 3.08. The van der Waals surface area contributed by atoms with Gasteiger partial charge in [-0.15, -0.1) is 0 Å². The Bertz CT molecular complexity index is 395. The summed E-state index contributed by atoms with van der Waals surface area (Å²) in [5, 5.41) is 9.21. The zero-order chi connectivity index (χ0) is 10.8. The van der Waals surface area contributed by atoms with Crippen molar-refractivity contribution in [3.8, 4) is 6.07 Å². The molecule has 2 rings (SSSR count). The molecule has 2 nitrogen and oxygen atoms in total. The van der Waals surface area contributed by atoms with E-state index in [1.54, 1.807) is 6.07 Å². The van der Waals surface area contributed by atoms with Crippen LogP contribution in [0, 0.1) is 23.1 Å². The van der Waals surface area contributed by atoms with Gasteiger partial charge in [-0.25, -0.2) is 4.39 Å². The highest BCUT2D eigenvalue weighted by atomic mass is 35.5. The van der Waals surface area contributed by atoms with Gasteiger partial charge in [-0.3, -0.25) is 0 Å². The Morgan fingerprint density at radius 1 is 1.47 bits per heavy atom. The number of halogens is 2. The lowest BCUT2D eigenvalue weighted by atomic mass is 9.97. The third-order valence-electron chi connectivity index (χ3n) is 2.47. The minimum atomic E-state index is -0.398. The fourth-order valence-corrected chi connectivity index (χ4v) is 2.02. The van der Waals surface area contributed by atoms with Crippen molar-refractivity contribution in [3.63, 3.8) is 0 Å². The van der Waals surface area contributed by atoms with Gasteiger partial charge in [0, 0.05) is 11.6 Å². The second-order valence-corrected chi connectivity index (χ2v) is 3.95. The molecule has 0 amide bonds. The van der Waals surface area contributed by atoms with Gasteiger partial charge in [-0.1, -0.05) is 11.6 Å². The van der Waals surface area contributed by atoms with Gasteiger partial charge in [0.25, 0.3) is 0 Å². The maximum absolute atomic E-state index is 13.1. The SMILES string of the molecule is N#CC1CCOC1c1cc(F)cc(Cl)c1. The molecule has 4 heteroatoms. The van der Waals surface area contributed by atoms with Gasteiger partial charge in [0.05, 0.1) is 18.1 Å². The van der Waals surface area contributed by atoms with Crippen LogP contribution in [-0.4, -0.2) is 6.61 Å². The smallest absolute Gasteiger partial charge is 0.125 e. The van der Waals surface area contributed by atoms with Gasteiger partial charge in [0.1, 0.15) is 5.82 Å². The molecule has 0 aliphatic carbocycles. The molecule has 1 saturated heterocycles. The van der Waals surface area contributed by atoms with Crippen LogP contribution in [0.5, 0.6) is 0 Å². The number of nitriles is 1. The second kappa shape index (κ2) is 4.18. The van der Waals surface area contributed by atoms with Crippen molar-refractivity contribution in [1.29, 1.82) is 5.26 Å². The molecule has 0 saturated carbocycles. The van der Waals surface area contributed by atoms with Crippen LogP contribution < -0.4 is 0 Å². The van der Waals surface area contributed by atoms with Crippen molar-refractivity contribution in [2.24, 2.45) is 5.92 Å². The van der Waals surface area contributed by atoms with Crippen LogP contribution in [-0.2, 0) is 4.74 Å². The first kappa shape index (κ1) is 10.4. The summed E-state index contributed by atoms with van der Waals surface area (Å²) in [4.78, 5) is 0. The Balaban J connectivity index is 2.33.